The molecule has 0 saturated carbocycles. The summed E-state index contributed by atoms with van der Waals surface area (Å²) in [6.07, 6.45) is 0. The topological polar surface area (TPSA) is 96.8 Å². The molecule has 0 radical (unpaired) electrons. The molecular weight excluding hydrogens is 326 g/mol. The molecule has 0 N–H and O–H groups in total. The van der Waals surface area contributed by atoms with Crippen molar-refractivity contribution in [2.75, 3.05) is 0 Å². The highest BCUT2D eigenvalue weighted by molar-refractivity contribution is 7.89. The van der Waals surface area contributed by atoms with Crippen LogP contribution >= 0.6 is 0 Å². The van der Waals surface area contributed by atoms with Gasteiger partial charge in [0, 0.05) is 5.56 Å². The molecule has 1 aromatic heterocycles. The standard InChI is InChI=1S/C17H13N3O3S/c18-10-14-8-4-5-9-15(14)11-24(21,22)12-16-19-17(20-23-16)13-6-2-1-3-7-13/h1-9H,11-12H2. The Morgan fingerprint density at radius 2 is 1.71 bits per heavy atom. The molecule has 0 aliphatic rings. The van der Waals surface area contributed by atoms with E-state index < -0.39 is 9.84 Å². The molecule has 120 valence electrons. The number of sulfone groups is 1. The van der Waals surface area contributed by atoms with Gasteiger partial charge in [0.15, 0.2) is 9.84 Å². The minimum atomic E-state index is -3.54. The molecule has 0 saturated heterocycles. The Balaban J connectivity index is 1.78. The van der Waals surface area contributed by atoms with Gasteiger partial charge in [-0.05, 0) is 11.6 Å². The molecule has 24 heavy (non-hydrogen) atoms. The summed E-state index contributed by atoms with van der Waals surface area (Å²) in [6, 6.07) is 17.8. The van der Waals surface area contributed by atoms with Crippen LogP contribution < -0.4 is 0 Å². The Bertz CT molecular complexity index is 989. The third-order valence-electron chi connectivity index (χ3n) is 3.36. The SMILES string of the molecule is N#Cc1ccccc1CS(=O)(=O)Cc1nc(-c2ccccc2)no1. The number of aromatic nitrogens is 2. The van der Waals surface area contributed by atoms with Gasteiger partial charge in [-0.15, -0.1) is 0 Å². The zero-order valence-corrected chi connectivity index (χ0v) is 13.4. The molecule has 6 nitrogen and oxygen atoms in total. The second-order valence-corrected chi connectivity index (χ2v) is 7.24. The van der Waals surface area contributed by atoms with Crippen molar-refractivity contribution in [1.29, 1.82) is 5.26 Å². The summed E-state index contributed by atoms with van der Waals surface area (Å²) >= 11 is 0. The maximum atomic E-state index is 12.3. The normalized spacial score (nSPS) is 11.1. The molecule has 0 unspecified atom stereocenters. The summed E-state index contributed by atoms with van der Waals surface area (Å²) in [4.78, 5) is 4.13. The lowest BCUT2D eigenvalue weighted by Gasteiger charge is -2.03. The summed E-state index contributed by atoms with van der Waals surface area (Å²) in [6.45, 7) is 0. The lowest BCUT2D eigenvalue weighted by molar-refractivity contribution is 0.389. The van der Waals surface area contributed by atoms with Gasteiger partial charge in [-0.25, -0.2) is 8.42 Å². The summed E-state index contributed by atoms with van der Waals surface area (Å²) in [5.74, 6) is -0.242. The summed E-state index contributed by atoms with van der Waals surface area (Å²) in [7, 11) is -3.54. The van der Waals surface area contributed by atoms with Crippen LogP contribution in [0.3, 0.4) is 0 Å². The highest BCUT2D eigenvalue weighted by Crippen LogP contribution is 2.18. The van der Waals surface area contributed by atoms with E-state index in [4.69, 9.17) is 9.78 Å². The lowest BCUT2D eigenvalue weighted by Crippen LogP contribution is -2.09. The Labute approximate surface area is 139 Å². The number of nitriles is 1. The van der Waals surface area contributed by atoms with Gasteiger partial charge in [-0.1, -0.05) is 53.7 Å². The maximum absolute atomic E-state index is 12.3. The van der Waals surface area contributed by atoms with Crippen LogP contribution in [0.15, 0.2) is 59.1 Å². The van der Waals surface area contributed by atoms with Crippen molar-refractivity contribution in [3.63, 3.8) is 0 Å². The van der Waals surface area contributed by atoms with Gasteiger partial charge in [0.2, 0.25) is 11.7 Å². The van der Waals surface area contributed by atoms with Gasteiger partial charge in [0.25, 0.3) is 0 Å². The van der Waals surface area contributed by atoms with E-state index in [1.165, 1.54) is 0 Å². The monoisotopic (exact) mass is 339 g/mol. The Morgan fingerprint density at radius 3 is 2.46 bits per heavy atom. The van der Waals surface area contributed by atoms with Crippen LogP contribution in [0.2, 0.25) is 0 Å². The number of hydrogen-bond donors (Lipinski definition) is 0. The molecule has 0 fully saturated rings. The maximum Gasteiger partial charge on any atom is 0.242 e. The highest BCUT2D eigenvalue weighted by atomic mass is 32.2. The lowest BCUT2D eigenvalue weighted by atomic mass is 10.1. The van der Waals surface area contributed by atoms with Crippen molar-refractivity contribution in [2.24, 2.45) is 0 Å². The fourth-order valence-electron chi connectivity index (χ4n) is 2.25. The minimum Gasteiger partial charge on any atom is -0.338 e. The van der Waals surface area contributed by atoms with E-state index in [9.17, 15) is 8.42 Å². The molecule has 3 rings (SSSR count). The van der Waals surface area contributed by atoms with Gasteiger partial charge >= 0.3 is 0 Å². The molecule has 0 spiro atoms. The number of nitrogens with zero attached hydrogens (tertiary/aromatic N) is 3. The molecule has 1 heterocycles. The molecule has 7 heteroatoms. The highest BCUT2D eigenvalue weighted by Gasteiger charge is 2.20. The van der Waals surface area contributed by atoms with Crippen LogP contribution in [0.1, 0.15) is 17.0 Å². The molecule has 0 aliphatic heterocycles. The number of benzene rings is 2. The fourth-order valence-corrected chi connectivity index (χ4v) is 3.57. The Kier molecular flexibility index (Phi) is 4.40. The van der Waals surface area contributed by atoms with Gasteiger partial charge in [0.05, 0.1) is 17.4 Å². The van der Waals surface area contributed by atoms with E-state index in [2.05, 4.69) is 10.1 Å². The first-order valence-corrected chi connectivity index (χ1v) is 8.96. The van der Waals surface area contributed by atoms with Crippen molar-refractivity contribution in [3.05, 3.63) is 71.6 Å². The van der Waals surface area contributed by atoms with Crippen LogP contribution in [-0.4, -0.2) is 18.6 Å². The molecular formula is C17H13N3O3S. The molecule has 0 amide bonds. The van der Waals surface area contributed by atoms with Crippen LogP contribution in [0.25, 0.3) is 11.4 Å². The second-order valence-electron chi connectivity index (χ2n) is 5.18. The molecule has 0 bridgehead atoms. The van der Waals surface area contributed by atoms with E-state index in [1.807, 2.05) is 36.4 Å². The molecule has 2 aromatic carbocycles. The zero-order valence-electron chi connectivity index (χ0n) is 12.6. The Morgan fingerprint density at radius 1 is 1.00 bits per heavy atom. The van der Waals surface area contributed by atoms with Crippen molar-refractivity contribution < 1.29 is 12.9 Å². The van der Waals surface area contributed by atoms with Crippen molar-refractivity contribution in [1.82, 2.24) is 10.1 Å². The van der Waals surface area contributed by atoms with Gasteiger partial charge in [-0.2, -0.15) is 10.2 Å². The number of hydrogen-bond acceptors (Lipinski definition) is 6. The van der Waals surface area contributed by atoms with Crippen molar-refractivity contribution in [2.45, 2.75) is 11.5 Å². The number of rotatable bonds is 5. The quantitative estimate of drug-likeness (QED) is 0.709. The van der Waals surface area contributed by atoms with E-state index in [0.29, 0.717) is 17.0 Å². The van der Waals surface area contributed by atoms with Gasteiger partial charge in [-0.3, -0.25) is 0 Å². The predicted octanol–water partition coefficient (Wildman–Crippen LogP) is 2.72. The minimum absolute atomic E-state index is 0.0308. The second kappa shape index (κ2) is 6.64. The van der Waals surface area contributed by atoms with Crippen LogP contribution in [0.5, 0.6) is 0 Å². The van der Waals surface area contributed by atoms with Crippen molar-refractivity contribution in [3.8, 4) is 17.5 Å². The van der Waals surface area contributed by atoms with Crippen LogP contribution in [-0.2, 0) is 21.3 Å². The molecule has 3 aromatic rings. The Hall–Kier alpha value is -2.98. The fraction of sp³-hybridized carbons (Fsp3) is 0.118. The van der Waals surface area contributed by atoms with E-state index >= 15 is 0 Å². The molecule has 0 aliphatic carbocycles. The zero-order chi connectivity index (χ0) is 17.0. The predicted molar refractivity (Wildman–Crippen MR) is 87.2 cm³/mol. The third-order valence-corrected chi connectivity index (χ3v) is 4.79. The average molecular weight is 339 g/mol. The smallest absolute Gasteiger partial charge is 0.242 e. The summed E-state index contributed by atoms with van der Waals surface area (Å²) < 4.78 is 29.7. The van der Waals surface area contributed by atoms with E-state index in [-0.39, 0.29) is 17.4 Å². The summed E-state index contributed by atoms with van der Waals surface area (Å²) in [5, 5.41) is 12.9. The molecule has 0 atom stereocenters. The van der Waals surface area contributed by atoms with Crippen molar-refractivity contribution >= 4 is 9.84 Å². The first kappa shape index (κ1) is 15.9. The van der Waals surface area contributed by atoms with Crippen LogP contribution in [0.4, 0.5) is 0 Å². The van der Waals surface area contributed by atoms with E-state index in [0.717, 1.165) is 5.56 Å². The summed E-state index contributed by atoms with van der Waals surface area (Å²) in [5.41, 5.74) is 1.55. The first-order chi connectivity index (χ1) is 11.6. The average Bonchev–Trinajstić information content (AvgIpc) is 3.03. The van der Waals surface area contributed by atoms with Gasteiger partial charge in [0.1, 0.15) is 5.75 Å². The van der Waals surface area contributed by atoms with Gasteiger partial charge < -0.3 is 4.52 Å². The largest absolute Gasteiger partial charge is 0.338 e. The first-order valence-electron chi connectivity index (χ1n) is 7.14. The third kappa shape index (κ3) is 3.67. The van der Waals surface area contributed by atoms with Crippen LogP contribution in [0, 0.1) is 11.3 Å². The van der Waals surface area contributed by atoms with E-state index in [1.54, 1.807) is 24.3 Å².